The van der Waals surface area contributed by atoms with Gasteiger partial charge in [-0.05, 0) is 29.8 Å². The summed E-state index contributed by atoms with van der Waals surface area (Å²) in [6.45, 7) is 0.175. The van der Waals surface area contributed by atoms with Gasteiger partial charge in [-0.25, -0.2) is 4.39 Å². The summed E-state index contributed by atoms with van der Waals surface area (Å²) < 4.78 is 24.2. The molecule has 0 aromatic heterocycles. The van der Waals surface area contributed by atoms with Gasteiger partial charge in [-0.2, -0.15) is 0 Å². The van der Waals surface area contributed by atoms with E-state index in [0.717, 1.165) is 0 Å². The first-order valence-corrected chi connectivity index (χ1v) is 6.53. The molecule has 5 heteroatoms. The molecule has 0 aliphatic carbocycles. The van der Waals surface area contributed by atoms with Crippen LogP contribution in [-0.2, 0) is 6.42 Å². The van der Waals surface area contributed by atoms with Crippen LogP contribution in [0.15, 0.2) is 36.4 Å². The van der Waals surface area contributed by atoms with Gasteiger partial charge < -0.3 is 14.6 Å². The van der Waals surface area contributed by atoms with Crippen molar-refractivity contribution in [2.75, 3.05) is 6.79 Å². The van der Waals surface area contributed by atoms with Crippen molar-refractivity contribution >= 4 is 11.6 Å². The van der Waals surface area contributed by atoms with E-state index in [2.05, 4.69) is 0 Å². The van der Waals surface area contributed by atoms with Crippen molar-refractivity contribution in [2.45, 2.75) is 12.5 Å². The van der Waals surface area contributed by atoms with Crippen molar-refractivity contribution in [3.05, 3.63) is 58.4 Å². The minimum atomic E-state index is -0.862. The monoisotopic (exact) mass is 294 g/mol. The molecule has 0 bridgehead atoms. The third-order valence-electron chi connectivity index (χ3n) is 3.24. The summed E-state index contributed by atoms with van der Waals surface area (Å²) in [5, 5.41) is 10.5. The van der Waals surface area contributed by atoms with Crippen LogP contribution in [0, 0.1) is 5.82 Å². The molecular formula is C15H12ClFO3. The maximum Gasteiger partial charge on any atom is 0.231 e. The van der Waals surface area contributed by atoms with Crippen molar-refractivity contribution in [2.24, 2.45) is 0 Å². The SMILES string of the molecule is OC(Cc1c(F)cccc1Cl)c1ccc2c(c1)OCO2. The second-order valence-electron chi connectivity index (χ2n) is 4.53. The Bertz CT molecular complexity index is 625. The fraction of sp³-hybridized carbons (Fsp3) is 0.200. The molecule has 0 radical (unpaired) electrons. The van der Waals surface area contributed by atoms with Crippen LogP contribution >= 0.6 is 11.6 Å². The van der Waals surface area contributed by atoms with Crippen LogP contribution in [0.4, 0.5) is 4.39 Å². The van der Waals surface area contributed by atoms with E-state index in [-0.39, 0.29) is 13.2 Å². The maximum absolute atomic E-state index is 13.7. The fourth-order valence-corrected chi connectivity index (χ4v) is 2.40. The van der Waals surface area contributed by atoms with Crippen molar-refractivity contribution in [1.29, 1.82) is 0 Å². The highest BCUT2D eigenvalue weighted by molar-refractivity contribution is 6.31. The third kappa shape index (κ3) is 2.44. The molecule has 0 saturated carbocycles. The number of aliphatic hydroxyl groups excluding tert-OH is 1. The van der Waals surface area contributed by atoms with Gasteiger partial charge in [0.25, 0.3) is 0 Å². The molecule has 1 aliphatic heterocycles. The first-order valence-electron chi connectivity index (χ1n) is 6.15. The van der Waals surface area contributed by atoms with Gasteiger partial charge in [0.2, 0.25) is 6.79 Å². The van der Waals surface area contributed by atoms with Crippen LogP contribution in [0.5, 0.6) is 11.5 Å². The predicted molar refractivity (Wildman–Crippen MR) is 72.6 cm³/mol. The number of aliphatic hydroxyl groups is 1. The highest BCUT2D eigenvalue weighted by Gasteiger charge is 2.18. The largest absolute Gasteiger partial charge is 0.454 e. The number of ether oxygens (including phenoxy) is 2. The van der Waals surface area contributed by atoms with Crippen LogP contribution in [0.2, 0.25) is 5.02 Å². The molecule has 0 spiro atoms. The van der Waals surface area contributed by atoms with E-state index in [4.69, 9.17) is 21.1 Å². The number of rotatable bonds is 3. The van der Waals surface area contributed by atoms with Crippen molar-refractivity contribution in [3.8, 4) is 11.5 Å². The molecule has 3 rings (SSSR count). The number of hydrogen-bond acceptors (Lipinski definition) is 3. The van der Waals surface area contributed by atoms with E-state index in [1.54, 1.807) is 24.3 Å². The topological polar surface area (TPSA) is 38.7 Å². The average Bonchev–Trinajstić information content (AvgIpc) is 2.90. The Balaban J connectivity index is 1.84. The third-order valence-corrected chi connectivity index (χ3v) is 3.59. The lowest BCUT2D eigenvalue weighted by Gasteiger charge is -2.13. The van der Waals surface area contributed by atoms with Crippen molar-refractivity contribution in [1.82, 2.24) is 0 Å². The smallest absolute Gasteiger partial charge is 0.231 e. The van der Waals surface area contributed by atoms with Gasteiger partial charge in [0, 0.05) is 17.0 Å². The van der Waals surface area contributed by atoms with E-state index in [1.165, 1.54) is 12.1 Å². The predicted octanol–water partition coefficient (Wildman–Crippen LogP) is 3.48. The Kier molecular flexibility index (Phi) is 3.51. The summed E-state index contributed by atoms with van der Waals surface area (Å²) in [7, 11) is 0. The lowest BCUT2D eigenvalue weighted by molar-refractivity contribution is 0.171. The summed E-state index contributed by atoms with van der Waals surface area (Å²) in [5.74, 6) is 0.809. The lowest BCUT2D eigenvalue weighted by Crippen LogP contribution is -2.04. The molecule has 3 nitrogen and oxygen atoms in total. The molecule has 0 amide bonds. The van der Waals surface area contributed by atoms with E-state index in [9.17, 15) is 9.50 Å². The summed E-state index contributed by atoms with van der Waals surface area (Å²) >= 11 is 5.96. The number of benzene rings is 2. The molecule has 2 aromatic rings. The molecule has 1 N–H and O–H groups in total. The van der Waals surface area contributed by atoms with Gasteiger partial charge in [0.15, 0.2) is 11.5 Å². The molecule has 1 unspecified atom stereocenters. The quantitative estimate of drug-likeness (QED) is 0.942. The van der Waals surface area contributed by atoms with E-state index < -0.39 is 11.9 Å². The van der Waals surface area contributed by atoms with E-state index in [0.29, 0.717) is 27.6 Å². The highest BCUT2D eigenvalue weighted by Crippen LogP contribution is 2.35. The average molecular weight is 295 g/mol. The molecule has 104 valence electrons. The number of fused-ring (bicyclic) bond motifs is 1. The van der Waals surface area contributed by atoms with Crippen LogP contribution in [0.25, 0.3) is 0 Å². The Hall–Kier alpha value is -1.78. The second-order valence-corrected chi connectivity index (χ2v) is 4.94. The summed E-state index contributed by atoms with van der Waals surface area (Å²) in [5.41, 5.74) is 0.938. The first-order chi connectivity index (χ1) is 9.65. The van der Waals surface area contributed by atoms with E-state index >= 15 is 0 Å². The molecular weight excluding hydrogens is 283 g/mol. The molecule has 1 atom stereocenters. The summed E-state index contributed by atoms with van der Waals surface area (Å²) in [6.07, 6.45) is -0.760. The second kappa shape index (κ2) is 5.31. The van der Waals surface area contributed by atoms with Gasteiger partial charge in [0.05, 0.1) is 6.10 Å². The van der Waals surface area contributed by atoms with Crippen LogP contribution in [0.1, 0.15) is 17.2 Å². The standard InChI is InChI=1S/C15H12ClFO3/c16-11-2-1-3-12(17)10(11)7-13(18)9-4-5-14-15(6-9)20-8-19-14/h1-6,13,18H,7-8H2. The zero-order valence-electron chi connectivity index (χ0n) is 10.5. The zero-order chi connectivity index (χ0) is 14.1. The molecule has 20 heavy (non-hydrogen) atoms. The van der Waals surface area contributed by atoms with Gasteiger partial charge in [0.1, 0.15) is 5.82 Å². The summed E-state index contributed by atoms with van der Waals surface area (Å²) in [4.78, 5) is 0. The van der Waals surface area contributed by atoms with Gasteiger partial charge in [-0.15, -0.1) is 0 Å². The van der Waals surface area contributed by atoms with Crippen molar-refractivity contribution < 1.29 is 19.0 Å². The minimum absolute atomic E-state index is 0.102. The summed E-state index contributed by atoms with van der Waals surface area (Å²) in [6, 6.07) is 9.62. The maximum atomic E-state index is 13.7. The molecule has 0 saturated heterocycles. The Morgan fingerprint density at radius 2 is 2.00 bits per heavy atom. The van der Waals surface area contributed by atoms with Crippen LogP contribution < -0.4 is 9.47 Å². The normalized spacial score (nSPS) is 14.3. The minimum Gasteiger partial charge on any atom is -0.454 e. The molecule has 2 aromatic carbocycles. The Morgan fingerprint density at radius 3 is 2.80 bits per heavy atom. The van der Waals surface area contributed by atoms with Gasteiger partial charge >= 0.3 is 0 Å². The van der Waals surface area contributed by atoms with Crippen LogP contribution in [0.3, 0.4) is 0 Å². The fourth-order valence-electron chi connectivity index (χ4n) is 2.16. The Labute approximate surface area is 120 Å². The van der Waals surface area contributed by atoms with E-state index in [1.807, 2.05) is 0 Å². The molecule has 0 fully saturated rings. The highest BCUT2D eigenvalue weighted by atomic mass is 35.5. The van der Waals surface area contributed by atoms with Gasteiger partial charge in [-0.1, -0.05) is 23.7 Å². The number of halogens is 2. The molecule has 1 heterocycles. The zero-order valence-corrected chi connectivity index (χ0v) is 11.2. The van der Waals surface area contributed by atoms with Crippen LogP contribution in [-0.4, -0.2) is 11.9 Å². The lowest BCUT2D eigenvalue weighted by atomic mass is 10.0. The Morgan fingerprint density at radius 1 is 1.20 bits per heavy atom. The van der Waals surface area contributed by atoms with Gasteiger partial charge in [-0.3, -0.25) is 0 Å². The number of hydrogen-bond donors (Lipinski definition) is 1. The first kappa shape index (κ1) is 13.2. The molecule has 1 aliphatic rings. The van der Waals surface area contributed by atoms with Crippen molar-refractivity contribution in [3.63, 3.8) is 0 Å².